The molecule has 0 fully saturated rings. The van der Waals surface area contributed by atoms with E-state index >= 15 is 0 Å². The van der Waals surface area contributed by atoms with Gasteiger partial charge in [-0.1, -0.05) is 0 Å². The van der Waals surface area contributed by atoms with E-state index in [2.05, 4.69) is 0 Å². The van der Waals surface area contributed by atoms with Crippen molar-refractivity contribution >= 4 is 5.91 Å². The Labute approximate surface area is 125 Å². The molecule has 0 aromatic heterocycles. The van der Waals surface area contributed by atoms with Crippen LogP contribution >= 0.6 is 0 Å². The second-order valence-corrected chi connectivity index (χ2v) is 4.88. The topological polar surface area (TPSA) is 20.3 Å². The molecule has 0 radical (unpaired) electrons. The number of rotatable bonds is 3. The molecule has 0 saturated heterocycles. The first kappa shape index (κ1) is 16.0. The van der Waals surface area contributed by atoms with Crippen molar-refractivity contribution in [3.05, 3.63) is 70.8 Å². The Morgan fingerprint density at radius 3 is 2.18 bits per heavy atom. The molecule has 0 aliphatic heterocycles. The summed E-state index contributed by atoms with van der Waals surface area (Å²) in [6, 6.07) is 4.63. The third-order valence-electron chi connectivity index (χ3n) is 3.47. The Morgan fingerprint density at radius 1 is 0.955 bits per heavy atom. The number of carbonyl (C=O) groups is 1. The van der Waals surface area contributed by atoms with Crippen molar-refractivity contribution in [2.45, 2.75) is 13.0 Å². The number of hydrogen-bond acceptors (Lipinski definition) is 1. The molecule has 0 saturated carbocycles. The number of hydrogen-bond donors (Lipinski definition) is 0. The maximum absolute atomic E-state index is 13.8. The molecule has 116 valence electrons. The van der Waals surface area contributed by atoms with Crippen molar-refractivity contribution < 1.29 is 22.4 Å². The van der Waals surface area contributed by atoms with E-state index in [9.17, 15) is 22.4 Å². The van der Waals surface area contributed by atoms with Gasteiger partial charge in [-0.05, 0) is 37.3 Å². The lowest BCUT2D eigenvalue weighted by Crippen LogP contribution is -2.31. The van der Waals surface area contributed by atoms with Crippen LogP contribution in [-0.2, 0) is 0 Å². The third kappa shape index (κ3) is 3.10. The lowest BCUT2D eigenvalue weighted by Gasteiger charge is -2.26. The minimum atomic E-state index is -1.01. The summed E-state index contributed by atoms with van der Waals surface area (Å²) in [5.74, 6) is -3.89. The molecule has 0 spiro atoms. The zero-order chi connectivity index (χ0) is 16.4. The largest absolute Gasteiger partial charge is 0.335 e. The van der Waals surface area contributed by atoms with Gasteiger partial charge in [-0.2, -0.15) is 0 Å². The van der Waals surface area contributed by atoms with Gasteiger partial charge in [0.2, 0.25) is 0 Å². The molecular weight excluding hydrogens is 298 g/mol. The van der Waals surface area contributed by atoms with Crippen LogP contribution in [0.25, 0.3) is 0 Å². The zero-order valence-corrected chi connectivity index (χ0v) is 11.9. The molecule has 2 aromatic carbocycles. The van der Waals surface area contributed by atoms with E-state index < -0.39 is 35.2 Å². The maximum Gasteiger partial charge on any atom is 0.257 e. The first-order valence-electron chi connectivity index (χ1n) is 6.48. The van der Waals surface area contributed by atoms with Crippen LogP contribution in [0.5, 0.6) is 0 Å². The van der Waals surface area contributed by atoms with Crippen LogP contribution in [0.1, 0.15) is 28.9 Å². The number of amides is 1. The summed E-state index contributed by atoms with van der Waals surface area (Å²) in [4.78, 5) is 13.3. The number of halogens is 4. The van der Waals surface area contributed by atoms with E-state index in [4.69, 9.17) is 0 Å². The first-order valence-corrected chi connectivity index (χ1v) is 6.48. The van der Waals surface area contributed by atoms with E-state index in [0.29, 0.717) is 6.07 Å². The Hall–Kier alpha value is -2.37. The Balaban J connectivity index is 2.32. The molecule has 1 amide bonds. The predicted octanol–water partition coefficient (Wildman–Crippen LogP) is 4.08. The van der Waals surface area contributed by atoms with Crippen LogP contribution in [0.4, 0.5) is 17.6 Å². The fourth-order valence-electron chi connectivity index (χ4n) is 2.07. The van der Waals surface area contributed by atoms with Gasteiger partial charge >= 0.3 is 0 Å². The van der Waals surface area contributed by atoms with Crippen LogP contribution in [0.15, 0.2) is 36.4 Å². The molecule has 0 bridgehead atoms. The fraction of sp³-hybridized carbons (Fsp3) is 0.188. The number of carbonyl (C=O) groups excluding carboxylic acids is 1. The summed E-state index contributed by atoms with van der Waals surface area (Å²) >= 11 is 0. The number of nitrogens with zero attached hydrogens (tertiary/aromatic N) is 1. The van der Waals surface area contributed by atoms with E-state index in [1.165, 1.54) is 14.0 Å². The van der Waals surface area contributed by atoms with E-state index in [1.54, 1.807) is 0 Å². The van der Waals surface area contributed by atoms with Gasteiger partial charge in [-0.3, -0.25) is 4.79 Å². The molecule has 6 heteroatoms. The summed E-state index contributed by atoms with van der Waals surface area (Å²) in [6.45, 7) is 1.48. The van der Waals surface area contributed by atoms with Crippen molar-refractivity contribution in [1.82, 2.24) is 4.90 Å². The zero-order valence-electron chi connectivity index (χ0n) is 11.9. The minimum Gasteiger partial charge on any atom is -0.335 e. The van der Waals surface area contributed by atoms with Crippen LogP contribution in [-0.4, -0.2) is 17.9 Å². The van der Waals surface area contributed by atoms with E-state index in [1.807, 2.05) is 0 Å². The Morgan fingerprint density at radius 2 is 1.55 bits per heavy atom. The standard InChI is InChI=1S/C16H13F4NO/c1-9(13-7-10(17)4-6-14(13)19)21(2)16(22)12-5-3-11(18)8-15(12)20/h3-9H,1-2H3. The van der Waals surface area contributed by atoms with Gasteiger partial charge in [0.15, 0.2) is 0 Å². The Kier molecular flexibility index (Phi) is 4.49. The van der Waals surface area contributed by atoms with Gasteiger partial charge in [0.05, 0.1) is 11.6 Å². The van der Waals surface area contributed by atoms with Crippen LogP contribution < -0.4 is 0 Å². The normalized spacial score (nSPS) is 12.1. The molecule has 1 unspecified atom stereocenters. The lowest BCUT2D eigenvalue weighted by molar-refractivity contribution is 0.0735. The van der Waals surface area contributed by atoms with Crippen molar-refractivity contribution in [3.63, 3.8) is 0 Å². The second-order valence-electron chi connectivity index (χ2n) is 4.88. The highest BCUT2D eigenvalue weighted by molar-refractivity contribution is 5.94. The van der Waals surface area contributed by atoms with E-state index in [0.717, 1.165) is 35.2 Å². The summed E-state index contributed by atoms with van der Waals surface area (Å²) < 4.78 is 53.5. The first-order chi connectivity index (χ1) is 10.3. The van der Waals surface area contributed by atoms with Crippen LogP contribution in [0, 0.1) is 23.3 Å². The third-order valence-corrected chi connectivity index (χ3v) is 3.47. The number of benzene rings is 2. The molecule has 2 rings (SSSR count). The fourth-order valence-corrected chi connectivity index (χ4v) is 2.07. The van der Waals surface area contributed by atoms with Gasteiger partial charge in [-0.15, -0.1) is 0 Å². The highest BCUT2D eigenvalue weighted by Crippen LogP contribution is 2.25. The summed E-state index contributed by atoms with van der Waals surface area (Å²) in [5.41, 5.74) is -0.370. The van der Waals surface area contributed by atoms with E-state index in [-0.39, 0.29) is 11.1 Å². The molecule has 0 aliphatic rings. The molecule has 0 aliphatic carbocycles. The average Bonchev–Trinajstić information content (AvgIpc) is 2.47. The van der Waals surface area contributed by atoms with Crippen molar-refractivity contribution in [2.75, 3.05) is 7.05 Å². The molecule has 22 heavy (non-hydrogen) atoms. The Bertz CT molecular complexity index is 717. The van der Waals surface area contributed by atoms with Gasteiger partial charge in [-0.25, -0.2) is 17.6 Å². The quantitative estimate of drug-likeness (QED) is 0.782. The highest BCUT2D eigenvalue weighted by Gasteiger charge is 2.24. The van der Waals surface area contributed by atoms with Crippen molar-refractivity contribution in [2.24, 2.45) is 0 Å². The molecule has 1 atom stereocenters. The highest BCUT2D eigenvalue weighted by atomic mass is 19.1. The summed E-state index contributed by atoms with van der Waals surface area (Å²) in [5, 5.41) is 0. The van der Waals surface area contributed by atoms with Crippen LogP contribution in [0.3, 0.4) is 0 Å². The second kappa shape index (κ2) is 6.17. The van der Waals surface area contributed by atoms with Crippen molar-refractivity contribution in [1.29, 1.82) is 0 Å². The van der Waals surface area contributed by atoms with Gasteiger partial charge in [0, 0.05) is 18.7 Å². The monoisotopic (exact) mass is 311 g/mol. The SMILES string of the molecule is CC(c1cc(F)ccc1F)N(C)C(=O)c1ccc(F)cc1F. The minimum absolute atomic E-state index is 0.0293. The summed E-state index contributed by atoms with van der Waals surface area (Å²) in [7, 11) is 1.33. The van der Waals surface area contributed by atoms with Gasteiger partial charge in [0.25, 0.3) is 5.91 Å². The lowest BCUT2D eigenvalue weighted by atomic mass is 10.0. The average molecular weight is 311 g/mol. The maximum atomic E-state index is 13.8. The molecular formula is C16H13F4NO. The summed E-state index contributed by atoms with van der Waals surface area (Å²) in [6.07, 6.45) is 0. The van der Waals surface area contributed by atoms with Crippen LogP contribution in [0.2, 0.25) is 0 Å². The molecule has 2 aromatic rings. The van der Waals surface area contributed by atoms with Gasteiger partial charge < -0.3 is 4.90 Å². The smallest absolute Gasteiger partial charge is 0.257 e. The van der Waals surface area contributed by atoms with Crippen molar-refractivity contribution in [3.8, 4) is 0 Å². The molecule has 0 N–H and O–H groups in total. The van der Waals surface area contributed by atoms with Gasteiger partial charge in [0.1, 0.15) is 23.3 Å². The predicted molar refractivity (Wildman–Crippen MR) is 73.2 cm³/mol. The molecule has 0 heterocycles. The molecule has 2 nitrogen and oxygen atoms in total.